The van der Waals surface area contributed by atoms with Gasteiger partial charge in [-0.2, -0.15) is 4.98 Å². The Morgan fingerprint density at radius 3 is 2.50 bits per heavy atom. The molecule has 4 aromatic rings. The maximum Gasteiger partial charge on any atom is 0.264 e. The highest BCUT2D eigenvalue weighted by Gasteiger charge is 2.20. The second-order valence-electron chi connectivity index (χ2n) is 9.09. The van der Waals surface area contributed by atoms with Crippen LogP contribution in [0.4, 0.5) is 8.78 Å². The SMILES string of the molecule is Cc1cc(COc2nc(C)n(-c3cccc(-c4ccnc(C(C)(C)O)n4)c3)c(=O)c2C)c(F)cc1F. The van der Waals surface area contributed by atoms with Crippen LogP contribution >= 0.6 is 0 Å². The van der Waals surface area contributed by atoms with Crippen LogP contribution in [0.3, 0.4) is 0 Å². The van der Waals surface area contributed by atoms with Gasteiger partial charge in [0.05, 0.1) is 16.9 Å². The van der Waals surface area contributed by atoms with Gasteiger partial charge in [-0.1, -0.05) is 12.1 Å². The van der Waals surface area contributed by atoms with E-state index in [1.807, 2.05) is 6.07 Å². The quantitative estimate of drug-likeness (QED) is 0.420. The first kappa shape index (κ1) is 25.1. The third-order valence-corrected chi connectivity index (χ3v) is 5.73. The van der Waals surface area contributed by atoms with Crippen LogP contribution in [0, 0.1) is 32.4 Å². The molecule has 1 N–H and O–H groups in total. The largest absolute Gasteiger partial charge is 0.472 e. The van der Waals surface area contributed by atoms with Gasteiger partial charge in [0.15, 0.2) is 5.82 Å². The molecule has 2 aromatic heterocycles. The van der Waals surface area contributed by atoms with Gasteiger partial charge in [0.1, 0.15) is 29.7 Å². The lowest BCUT2D eigenvalue weighted by molar-refractivity contribution is 0.0688. The number of ether oxygens (including phenoxy) is 1. The molecule has 0 spiro atoms. The smallest absolute Gasteiger partial charge is 0.264 e. The van der Waals surface area contributed by atoms with E-state index in [2.05, 4.69) is 15.0 Å². The normalized spacial score (nSPS) is 11.6. The van der Waals surface area contributed by atoms with Crippen LogP contribution in [0.15, 0.2) is 53.5 Å². The van der Waals surface area contributed by atoms with Crippen molar-refractivity contribution in [2.24, 2.45) is 0 Å². The highest BCUT2D eigenvalue weighted by molar-refractivity contribution is 5.62. The lowest BCUT2D eigenvalue weighted by Gasteiger charge is -2.17. The fraction of sp³-hybridized carbons (Fsp3) is 0.259. The molecule has 0 saturated heterocycles. The van der Waals surface area contributed by atoms with E-state index in [4.69, 9.17) is 4.74 Å². The molecule has 0 amide bonds. The van der Waals surface area contributed by atoms with Gasteiger partial charge in [-0.15, -0.1) is 0 Å². The average Bonchev–Trinajstić information content (AvgIpc) is 2.83. The topological polar surface area (TPSA) is 90.1 Å². The summed E-state index contributed by atoms with van der Waals surface area (Å²) in [5, 5.41) is 10.3. The van der Waals surface area contributed by atoms with E-state index in [0.29, 0.717) is 22.8 Å². The third kappa shape index (κ3) is 5.01. The molecule has 0 aliphatic heterocycles. The van der Waals surface area contributed by atoms with Gasteiger partial charge in [-0.05, 0) is 64.4 Å². The predicted octanol–water partition coefficient (Wildman–Crippen LogP) is 4.70. The van der Waals surface area contributed by atoms with Gasteiger partial charge in [0.25, 0.3) is 5.56 Å². The van der Waals surface area contributed by atoms with Crippen LogP contribution in [0.25, 0.3) is 16.9 Å². The van der Waals surface area contributed by atoms with E-state index >= 15 is 0 Å². The minimum atomic E-state index is -1.20. The van der Waals surface area contributed by atoms with Crippen LogP contribution in [0.1, 0.15) is 42.2 Å². The first-order valence-electron chi connectivity index (χ1n) is 11.3. The summed E-state index contributed by atoms with van der Waals surface area (Å²) in [5.74, 6) is -0.629. The molecule has 2 heterocycles. The number of nitrogens with zero attached hydrogens (tertiary/aromatic N) is 4. The van der Waals surface area contributed by atoms with E-state index in [1.54, 1.807) is 58.2 Å². The summed E-state index contributed by atoms with van der Waals surface area (Å²) in [5.41, 5.74) is 1.06. The summed E-state index contributed by atoms with van der Waals surface area (Å²) in [7, 11) is 0. The Morgan fingerprint density at radius 2 is 1.78 bits per heavy atom. The van der Waals surface area contributed by atoms with Crippen molar-refractivity contribution in [2.45, 2.75) is 46.8 Å². The summed E-state index contributed by atoms with van der Waals surface area (Å²) < 4.78 is 34.8. The number of aryl methyl sites for hydroxylation is 2. The monoisotopic (exact) mass is 492 g/mol. The Morgan fingerprint density at radius 1 is 1.03 bits per heavy atom. The molecule has 36 heavy (non-hydrogen) atoms. The average molecular weight is 493 g/mol. The van der Waals surface area contributed by atoms with Gasteiger partial charge >= 0.3 is 0 Å². The standard InChI is InChI=1S/C27H26F2N4O3/c1-15-11-19(22(29)13-21(15)28)14-36-24-16(2)25(34)33(17(3)31-24)20-8-6-7-18(12-20)23-9-10-30-26(32-23)27(4,5)35/h6-13,35H,14H2,1-5H3. The Labute approximate surface area is 207 Å². The Hall–Kier alpha value is -3.98. The molecule has 0 bridgehead atoms. The summed E-state index contributed by atoms with van der Waals surface area (Å²) in [4.78, 5) is 26.3. The molecule has 0 radical (unpaired) electrons. The second kappa shape index (κ2) is 9.58. The number of aliphatic hydroxyl groups is 1. The maximum atomic E-state index is 14.1. The van der Waals surface area contributed by atoms with Crippen LogP contribution in [0.2, 0.25) is 0 Å². The number of rotatable bonds is 6. The zero-order valence-electron chi connectivity index (χ0n) is 20.6. The van der Waals surface area contributed by atoms with Crippen molar-refractivity contribution in [3.8, 4) is 22.8 Å². The predicted molar refractivity (Wildman–Crippen MR) is 131 cm³/mol. The molecular formula is C27H26F2N4O3. The molecule has 9 heteroatoms. The van der Waals surface area contributed by atoms with Crippen LogP contribution < -0.4 is 10.3 Å². The van der Waals surface area contributed by atoms with Crippen molar-refractivity contribution >= 4 is 0 Å². The van der Waals surface area contributed by atoms with E-state index < -0.39 is 17.2 Å². The molecule has 7 nitrogen and oxygen atoms in total. The molecule has 0 atom stereocenters. The molecule has 186 valence electrons. The van der Waals surface area contributed by atoms with E-state index in [-0.39, 0.29) is 35.0 Å². The van der Waals surface area contributed by atoms with Gasteiger partial charge in [0, 0.05) is 23.4 Å². The summed E-state index contributed by atoms with van der Waals surface area (Å²) >= 11 is 0. The zero-order valence-corrected chi connectivity index (χ0v) is 20.6. The molecule has 0 unspecified atom stereocenters. The maximum absolute atomic E-state index is 14.1. The summed E-state index contributed by atoms with van der Waals surface area (Å²) in [6.45, 7) is 7.80. The summed E-state index contributed by atoms with van der Waals surface area (Å²) in [6, 6.07) is 11.1. The first-order valence-corrected chi connectivity index (χ1v) is 11.3. The van der Waals surface area contributed by atoms with E-state index in [0.717, 1.165) is 11.6 Å². The number of halogens is 2. The third-order valence-electron chi connectivity index (χ3n) is 5.73. The first-order chi connectivity index (χ1) is 17.0. The van der Waals surface area contributed by atoms with Gasteiger partial charge in [0.2, 0.25) is 5.88 Å². The molecule has 0 aliphatic rings. The van der Waals surface area contributed by atoms with Crippen molar-refractivity contribution in [1.29, 1.82) is 0 Å². The van der Waals surface area contributed by atoms with Crippen molar-refractivity contribution < 1.29 is 18.6 Å². The number of benzene rings is 2. The van der Waals surface area contributed by atoms with Gasteiger partial charge < -0.3 is 9.84 Å². The number of hydrogen-bond acceptors (Lipinski definition) is 6. The van der Waals surface area contributed by atoms with E-state index in [9.17, 15) is 18.7 Å². The molecule has 0 fully saturated rings. The Balaban J connectivity index is 1.67. The van der Waals surface area contributed by atoms with Crippen molar-refractivity contribution in [2.75, 3.05) is 0 Å². The van der Waals surface area contributed by atoms with Crippen LogP contribution in [0.5, 0.6) is 5.88 Å². The highest BCUT2D eigenvalue weighted by atomic mass is 19.1. The highest BCUT2D eigenvalue weighted by Crippen LogP contribution is 2.24. The van der Waals surface area contributed by atoms with Gasteiger partial charge in [-0.25, -0.2) is 18.7 Å². The fourth-order valence-electron chi connectivity index (χ4n) is 3.72. The lowest BCUT2D eigenvalue weighted by Crippen LogP contribution is -2.25. The Bertz CT molecular complexity index is 1510. The molecular weight excluding hydrogens is 466 g/mol. The molecule has 0 aliphatic carbocycles. The Kier molecular flexibility index (Phi) is 6.69. The van der Waals surface area contributed by atoms with Crippen molar-refractivity contribution in [1.82, 2.24) is 19.5 Å². The van der Waals surface area contributed by atoms with E-state index in [1.165, 1.54) is 17.6 Å². The lowest BCUT2D eigenvalue weighted by atomic mass is 10.1. The van der Waals surface area contributed by atoms with Crippen LogP contribution in [-0.2, 0) is 12.2 Å². The summed E-state index contributed by atoms with van der Waals surface area (Å²) in [6.07, 6.45) is 1.57. The number of aromatic nitrogens is 4. The molecule has 0 saturated carbocycles. The zero-order chi connectivity index (χ0) is 26.2. The fourth-order valence-corrected chi connectivity index (χ4v) is 3.72. The molecule has 4 rings (SSSR count). The molecule has 2 aromatic carbocycles. The van der Waals surface area contributed by atoms with Crippen molar-refractivity contribution in [3.63, 3.8) is 0 Å². The number of hydrogen-bond donors (Lipinski definition) is 1. The van der Waals surface area contributed by atoms with Crippen LogP contribution in [-0.4, -0.2) is 24.6 Å². The van der Waals surface area contributed by atoms with Gasteiger partial charge in [-0.3, -0.25) is 9.36 Å². The second-order valence-corrected chi connectivity index (χ2v) is 9.09. The van der Waals surface area contributed by atoms with Crippen molar-refractivity contribution in [3.05, 3.63) is 99.0 Å². The minimum absolute atomic E-state index is 0.0805. The minimum Gasteiger partial charge on any atom is -0.472 e.